The molecule has 3 heteroatoms. The van der Waals surface area contributed by atoms with E-state index in [1.54, 1.807) is 7.11 Å². The van der Waals surface area contributed by atoms with Crippen molar-refractivity contribution in [1.29, 1.82) is 0 Å². The quantitative estimate of drug-likeness (QED) is 0.764. The van der Waals surface area contributed by atoms with Crippen LogP contribution in [-0.2, 0) is 4.74 Å². The first kappa shape index (κ1) is 12.6. The summed E-state index contributed by atoms with van der Waals surface area (Å²) in [5, 5.41) is 3.13. The van der Waals surface area contributed by atoms with Gasteiger partial charge in [-0.15, -0.1) is 0 Å². The molecule has 0 amide bonds. The van der Waals surface area contributed by atoms with Gasteiger partial charge in [-0.1, -0.05) is 6.08 Å². The van der Waals surface area contributed by atoms with Crippen LogP contribution in [0.5, 0.6) is 0 Å². The summed E-state index contributed by atoms with van der Waals surface area (Å²) in [7, 11) is 1.73. The Balaban J connectivity index is 2.33. The highest BCUT2D eigenvalue weighted by Gasteiger charge is 1.98. The van der Waals surface area contributed by atoms with Crippen LogP contribution in [0.15, 0.2) is 42.9 Å². The molecule has 0 saturated carbocycles. The van der Waals surface area contributed by atoms with Crippen LogP contribution in [-0.4, -0.2) is 24.3 Å². The normalized spacial score (nSPS) is 13.6. The minimum absolute atomic E-state index is 0.130. The molecule has 1 atom stereocenters. The molecule has 1 aromatic rings. The highest BCUT2D eigenvalue weighted by Crippen LogP contribution is 2.01. The van der Waals surface area contributed by atoms with Crippen LogP contribution < -0.4 is 5.32 Å². The summed E-state index contributed by atoms with van der Waals surface area (Å²) in [6, 6.07) is 4.01. The van der Waals surface area contributed by atoms with Crippen molar-refractivity contribution >= 4 is 6.20 Å². The van der Waals surface area contributed by atoms with Crippen molar-refractivity contribution in [1.82, 2.24) is 9.88 Å². The molecule has 88 valence electrons. The van der Waals surface area contributed by atoms with E-state index in [0.29, 0.717) is 0 Å². The number of hydrogen-bond acceptors (Lipinski definition) is 2. The predicted molar refractivity (Wildman–Crippen MR) is 68.0 cm³/mol. The Kier molecular flexibility index (Phi) is 6.11. The Morgan fingerprint density at radius 3 is 2.75 bits per heavy atom. The van der Waals surface area contributed by atoms with Crippen LogP contribution >= 0.6 is 0 Å². The second-order valence-electron chi connectivity index (χ2n) is 3.44. The topological polar surface area (TPSA) is 26.2 Å². The fourth-order valence-corrected chi connectivity index (χ4v) is 1.31. The molecule has 1 unspecified atom stereocenters. The van der Waals surface area contributed by atoms with Crippen LogP contribution in [0.3, 0.4) is 0 Å². The number of nitrogens with one attached hydrogen (secondary N) is 1. The van der Waals surface area contributed by atoms with Gasteiger partial charge >= 0.3 is 0 Å². The van der Waals surface area contributed by atoms with Gasteiger partial charge in [0, 0.05) is 32.2 Å². The number of rotatable bonds is 7. The third-order valence-corrected chi connectivity index (χ3v) is 2.21. The number of ether oxygens (including phenoxy) is 1. The summed E-state index contributed by atoms with van der Waals surface area (Å²) in [6.07, 6.45) is 13.1. The Bertz CT molecular complexity index is 315. The lowest BCUT2D eigenvalue weighted by Gasteiger charge is -2.07. The lowest BCUT2D eigenvalue weighted by atomic mass is 10.2. The second kappa shape index (κ2) is 7.77. The highest BCUT2D eigenvalue weighted by atomic mass is 16.5. The van der Waals surface area contributed by atoms with Gasteiger partial charge in [0.1, 0.15) is 0 Å². The molecule has 0 radical (unpaired) electrons. The van der Waals surface area contributed by atoms with Gasteiger partial charge in [-0.3, -0.25) is 0 Å². The molecule has 1 rings (SSSR count). The van der Waals surface area contributed by atoms with E-state index in [1.165, 1.54) is 0 Å². The molecule has 1 aromatic heterocycles. The fraction of sp³-hybridized carbons (Fsp3) is 0.385. The van der Waals surface area contributed by atoms with Crippen molar-refractivity contribution < 1.29 is 4.74 Å². The summed E-state index contributed by atoms with van der Waals surface area (Å²) >= 11 is 0. The number of hydrogen-bond donors (Lipinski definition) is 1. The van der Waals surface area contributed by atoms with Gasteiger partial charge in [0.05, 0.1) is 6.10 Å². The van der Waals surface area contributed by atoms with Crippen LogP contribution in [0.1, 0.15) is 13.3 Å². The molecular weight excluding hydrogens is 200 g/mol. The zero-order chi connectivity index (χ0) is 11.6. The van der Waals surface area contributed by atoms with E-state index < -0.39 is 0 Å². The highest BCUT2D eigenvalue weighted by molar-refractivity contribution is 5.23. The summed E-state index contributed by atoms with van der Waals surface area (Å²) in [6.45, 7) is 3.00. The molecular formula is C13H20N2O. The number of nitrogens with zero attached hydrogens (tertiary/aromatic N) is 1. The first-order valence-corrected chi connectivity index (χ1v) is 5.58. The molecule has 0 aromatic carbocycles. The molecule has 0 spiro atoms. The van der Waals surface area contributed by atoms with Crippen molar-refractivity contribution in [3.63, 3.8) is 0 Å². The van der Waals surface area contributed by atoms with E-state index in [0.717, 1.165) is 13.0 Å². The molecule has 16 heavy (non-hydrogen) atoms. The zero-order valence-corrected chi connectivity index (χ0v) is 9.97. The van der Waals surface area contributed by atoms with Gasteiger partial charge < -0.3 is 14.6 Å². The average Bonchev–Trinajstić information content (AvgIpc) is 2.80. The molecule has 3 nitrogen and oxygen atoms in total. The van der Waals surface area contributed by atoms with Crippen molar-refractivity contribution in [2.45, 2.75) is 19.4 Å². The minimum Gasteiger partial charge on any atom is -0.391 e. The Labute approximate surface area is 97.4 Å². The molecule has 1 heterocycles. The Morgan fingerprint density at radius 1 is 1.38 bits per heavy atom. The maximum Gasteiger partial charge on any atom is 0.0803 e. The summed E-state index contributed by atoms with van der Waals surface area (Å²) in [4.78, 5) is 0. The summed E-state index contributed by atoms with van der Waals surface area (Å²) < 4.78 is 7.34. The largest absolute Gasteiger partial charge is 0.391 e. The standard InChI is InChI=1S/C13H20N2O/c1-3-14-9-8-13(16-2)7-6-12-15-10-4-5-11-15/h4-6,8-14H,3,7H2,1-2H3/b9-8+,12-6+. The van der Waals surface area contributed by atoms with E-state index in [9.17, 15) is 0 Å². The predicted octanol–water partition coefficient (Wildman–Crippen LogP) is 2.49. The van der Waals surface area contributed by atoms with Gasteiger partial charge in [0.25, 0.3) is 0 Å². The van der Waals surface area contributed by atoms with Gasteiger partial charge in [-0.05, 0) is 37.8 Å². The van der Waals surface area contributed by atoms with Crippen LogP contribution in [0.25, 0.3) is 6.20 Å². The molecule has 0 bridgehead atoms. The third-order valence-electron chi connectivity index (χ3n) is 2.21. The maximum absolute atomic E-state index is 5.33. The average molecular weight is 220 g/mol. The number of aromatic nitrogens is 1. The Hall–Kier alpha value is -1.48. The van der Waals surface area contributed by atoms with E-state index in [1.807, 2.05) is 47.6 Å². The zero-order valence-electron chi connectivity index (χ0n) is 9.97. The molecule has 0 aliphatic carbocycles. The van der Waals surface area contributed by atoms with Crippen molar-refractivity contribution in [3.05, 3.63) is 42.9 Å². The van der Waals surface area contributed by atoms with Gasteiger partial charge in [-0.25, -0.2) is 0 Å². The lowest BCUT2D eigenvalue weighted by Crippen LogP contribution is -2.09. The van der Waals surface area contributed by atoms with Gasteiger partial charge in [0.2, 0.25) is 0 Å². The monoisotopic (exact) mass is 220 g/mol. The summed E-state index contributed by atoms with van der Waals surface area (Å²) in [5.41, 5.74) is 0. The molecule has 1 N–H and O–H groups in total. The van der Waals surface area contributed by atoms with Crippen molar-refractivity contribution in [2.75, 3.05) is 13.7 Å². The first-order chi connectivity index (χ1) is 7.86. The van der Waals surface area contributed by atoms with Crippen LogP contribution in [0, 0.1) is 0 Å². The van der Waals surface area contributed by atoms with E-state index >= 15 is 0 Å². The van der Waals surface area contributed by atoms with E-state index in [-0.39, 0.29) is 6.10 Å². The minimum atomic E-state index is 0.130. The Morgan fingerprint density at radius 2 is 2.12 bits per heavy atom. The molecule has 0 fully saturated rings. The molecule has 0 saturated heterocycles. The fourth-order valence-electron chi connectivity index (χ4n) is 1.31. The SMILES string of the molecule is CCN/C=C/C(C/C=C/n1cccc1)OC. The maximum atomic E-state index is 5.33. The third kappa shape index (κ3) is 4.84. The second-order valence-corrected chi connectivity index (χ2v) is 3.44. The van der Waals surface area contributed by atoms with Crippen molar-refractivity contribution in [2.24, 2.45) is 0 Å². The van der Waals surface area contributed by atoms with E-state index in [2.05, 4.69) is 18.3 Å². The van der Waals surface area contributed by atoms with Crippen LogP contribution in [0.4, 0.5) is 0 Å². The number of methoxy groups -OCH3 is 1. The van der Waals surface area contributed by atoms with Gasteiger partial charge in [0.15, 0.2) is 0 Å². The van der Waals surface area contributed by atoms with E-state index in [4.69, 9.17) is 4.74 Å². The smallest absolute Gasteiger partial charge is 0.0803 e. The molecule has 0 aliphatic rings. The first-order valence-electron chi connectivity index (χ1n) is 5.58. The summed E-state index contributed by atoms with van der Waals surface area (Å²) in [5.74, 6) is 0. The van der Waals surface area contributed by atoms with Crippen molar-refractivity contribution in [3.8, 4) is 0 Å². The molecule has 0 aliphatic heterocycles. The van der Waals surface area contributed by atoms with Crippen LogP contribution in [0.2, 0.25) is 0 Å². The van der Waals surface area contributed by atoms with Gasteiger partial charge in [-0.2, -0.15) is 0 Å². The lowest BCUT2D eigenvalue weighted by molar-refractivity contribution is 0.143.